The van der Waals surface area contributed by atoms with E-state index in [-0.39, 0.29) is 5.91 Å². The zero-order valence-electron chi connectivity index (χ0n) is 15.4. The summed E-state index contributed by atoms with van der Waals surface area (Å²) in [6.45, 7) is 3.44. The maximum atomic E-state index is 12.6. The highest BCUT2D eigenvalue weighted by Crippen LogP contribution is 2.17. The number of carbonyl (C=O) groups is 1. The smallest absolute Gasteiger partial charge is 0.256 e. The predicted octanol–water partition coefficient (Wildman–Crippen LogP) is 4.04. The second-order valence-electron chi connectivity index (χ2n) is 6.36. The lowest BCUT2D eigenvalue weighted by atomic mass is 10.2. The summed E-state index contributed by atoms with van der Waals surface area (Å²) in [5.74, 6) is 0.750. The topological polar surface area (TPSA) is 47.4 Å². The van der Waals surface area contributed by atoms with Gasteiger partial charge < -0.3 is 9.64 Å². The van der Waals surface area contributed by atoms with E-state index in [0.717, 1.165) is 16.9 Å². The molecule has 0 aliphatic rings. The molecule has 0 saturated heterocycles. The van der Waals surface area contributed by atoms with Gasteiger partial charge in [0.25, 0.3) is 5.91 Å². The number of aromatic nitrogens is 2. The van der Waals surface area contributed by atoms with E-state index in [9.17, 15) is 4.79 Å². The quantitative estimate of drug-likeness (QED) is 0.618. The van der Waals surface area contributed by atoms with Crippen LogP contribution < -0.4 is 4.74 Å². The maximum Gasteiger partial charge on any atom is 0.256 e. The number of benzene rings is 2. The van der Waals surface area contributed by atoms with Gasteiger partial charge in [-0.3, -0.25) is 9.48 Å². The molecule has 27 heavy (non-hydrogen) atoms. The summed E-state index contributed by atoms with van der Waals surface area (Å²) in [7, 11) is 1.76. The van der Waals surface area contributed by atoms with Crippen molar-refractivity contribution in [3.05, 3.63) is 82.6 Å². The first-order valence-corrected chi connectivity index (χ1v) is 9.12. The Morgan fingerprint density at radius 3 is 2.70 bits per heavy atom. The number of aryl methyl sites for hydroxylation is 1. The SMILES string of the molecule is Cc1ccccc1OCCN(C)C(=O)c1cnn(Cc2ccccc2Cl)c1. The fourth-order valence-electron chi connectivity index (χ4n) is 2.69. The number of ether oxygens (including phenoxy) is 1. The molecule has 0 aliphatic heterocycles. The molecule has 0 N–H and O–H groups in total. The van der Waals surface area contributed by atoms with Gasteiger partial charge in [-0.05, 0) is 30.2 Å². The molecule has 0 fully saturated rings. The Morgan fingerprint density at radius 1 is 1.19 bits per heavy atom. The first-order chi connectivity index (χ1) is 13.0. The third-order valence-electron chi connectivity index (χ3n) is 4.29. The van der Waals surface area contributed by atoms with Crippen molar-refractivity contribution in [2.24, 2.45) is 0 Å². The number of carbonyl (C=O) groups excluding carboxylic acids is 1. The number of amides is 1. The maximum absolute atomic E-state index is 12.6. The molecular formula is C21H22ClN3O2. The second-order valence-corrected chi connectivity index (χ2v) is 6.77. The molecule has 0 bridgehead atoms. The van der Waals surface area contributed by atoms with E-state index < -0.39 is 0 Å². The zero-order valence-corrected chi connectivity index (χ0v) is 16.2. The lowest BCUT2D eigenvalue weighted by molar-refractivity contribution is 0.0773. The van der Waals surface area contributed by atoms with Gasteiger partial charge in [0.05, 0.1) is 24.8 Å². The number of likely N-dealkylation sites (N-methyl/N-ethyl adjacent to an activating group) is 1. The Morgan fingerprint density at radius 2 is 1.93 bits per heavy atom. The van der Waals surface area contributed by atoms with Crippen LogP contribution in [0.25, 0.3) is 0 Å². The minimum Gasteiger partial charge on any atom is -0.491 e. The molecule has 0 spiro atoms. The second kappa shape index (κ2) is 8.73. The largest absolute Gasteiger partial charge is 0.491 e. The predicted molar refractivity (Wildman–Crippen MR) is 106 cm³/mol. The van der Waals surface area contributed by atoms with Gasteiger partial charge in [-0.2, -0.15) is 5.10 Å². The van der Waals surface area contributed by atoms with Crippen LogP contribution in [0.3, 0.4) is 0 Å². The average Bonchev–Trinajstić information content (AvgIpc) is 3.13. The number of hydrogen-bond acceptors (Lipinski definition) is 3. The molecule has 1 amide bonds. The Balaban J connectivity index is 1.55. The van der Waals surface area contributed by atoms with Crippen molar-refractivity contribution in [1.29, 1.82) is 0 Å². The van der Waals surface area contributed by atoms with Gasteiger partial charge in [-0.25, -0.2) is 0 Å². The highest BCUT2D eigenvalue weighted by molar-refractivity contribution is 6.31. The summed E-state index contributed by atoms with van der Waals surface area (Å²) in [6.07, 6.45) is 3.32. The molecule has 3 rings (SSSR count). The van der Waals surface area contributed by atoms with Crippen LogP contribution in [-0.4, -0.2) is 40.8 Å². The van der Waals surface area contributed by atoms with Crippen molar-refractivity contribution in [3.63, 3.8) is 0 Å². The molecule has 2 aromatic carbocycles. The molecule has 5 nitrogen and oxygen atoms in total. The molecule has 140 valence electrons. The lowest BCUT2D eigenvalue weighted by Gasteiger charge is -2.17. The molecule has 3 aromatic rings. The van der Waals surface area contributed by atoms with Crippen molar-refractivity contribution < 1.29 is 9.53 Å². The summed E-state index contributed by atoms with van der Waals surface area (Å²) < 4.78 is 7.48. The lowest BCUT2D eigenvalue weighted by Crippen LogP contribution is -2.30. The standard InChI is InChI=1S/C21H22ClN3O2/c1-16-7-3-6-10-20(16)27-12-11-24(2)21(26)18-13-23-25(15-18)14-17-8-4-5-9-19(17)22/h3-10,13,15H,11-12,14H2,1-2H3. The molecule has 1 aromatic heterocycles. The monoisotopic (exact) mass is 383 g/mol. The molecular weight excluding hydrogens is 362 g/mol. The number of rotatable bonds is 7. The van der Waals surface area contributed by atoms with Crippen LogP contribution in [0.4, 0.5) is 0 Å². The highest BCUT2D eigenvalue weighted by atomic mass is 35.5. The minimum atomic E-state index is -0.0891. The first-order valence-electron chi connectivity index (χ1n) is 8.74. The van der Waals surface area contributed by atoms with E-state index in [1.807, 2.05) is 55.5 Å². The summed E-state index contributed by atoms with van der Waals surface area (Å²) in [4.78, 5) is 14.2. The van der Waals surface area contributed by atoms with E-state index in [0.29, 0.717) is 30.3 Å². The number of hydrogen-bond donors (Lipinski definition) is 0. The Hall–Kier alpha value is -2.79. The third kappa shape index (κ3) is 4.89. The van der Waals surface area contributed by atoms with Crippen LogP contribution in [0.15, 0.2) is 60.9 Å². The van der Waals surface area contributed by atoms with Crippen LogP contribution in [0, 0.1) is 6.92 Å². The third-order valence-corrected chi connectivity index (χ3v) is 4.66. The number of nitrogens with zero attached hydrogens (tertiary/aromatic N) is 3. The normalized spacial score (nSPS) is 10.6. The van der Waals surface area contributed by atoms with Crippen molar-refractivity contribution >= 4 is 17.5 Å². The van der Waals surface area contributed by atoms with E-state index in [1.165, 1.54) is 0 Å². The van der Waals surface area contributed by atoms with E-state index >= 15 is 0 Å². The van der Waals surface area contributed by atoms with Crippen molar-refractivity contribution in [2.45, 2.75) is 13.5 Å². The molecule has 1 heterocycles. The van der Waals surface area contributed by atoms with Crippen LogP contribution in [-0.2, 0) is 6.54 Å². The van der Waals surface area contributed by atoms with Crippen LogP contribution in [0.2, 0.25) is 5.02 Å². The van der Waals surface area contributed by atoms with Crippen LogP contribution in [0.1, 0.15) is 21.5 Å². The van der Waals surface area contributed by atoms with Gasteiger partial charge >= 0.3 is 0 Å². The van der Waals surface area contributed by atoms with Crippen LogP contribution >= 0.6 is 11.6 Å². The van der Waals surface area contributed by atoms with Gasteiger partial charge in [-0.15, -0.1) is 0 Å². The van der Waals surface area contributed by atoms with E-state index in [4.69, 9.17) is 16.3 Å². The average molecular weight is 384 g/mol. The van der Waals surface area contributed by atoms with Gasteiger partial charge in [0, 0.05) is 18.3 Å². The highest BCUT2D eigenvalue weighted by Gasteiger charge is 2.14. The molecule has 0 atom stereocenters. The van der Waals surface area contributed by atoms with Gasteiger partial charge in [0.1, 0.15) is 12.4 Å². The summed E-state index contributed by atoms with van der Waals surface area (Å²) in [5.41, 5.74) is 2.58. The van der Waals surface area contributed by atoms with Crippen molar-refractivity contribution in [2.75, 3.05) is 20.2 Å². The van der Waals surface area contributed by atoms with Gasteiger partial charge in [-0.1, -0.05) is 48.0 Å². The summed E-state index contributed by atoms with van der Waals surface area (Å²) in [5, 5.41) is 4.96. The fourth-order valence-corrected chi connectivity index (χ4v) is 2.89. The molecule has 0 saturated carbocycles. The summed E-state index contributed by atoms with van der Waals surface area (Å²) in [6, 6.07) is 15.4. The van der Waals surface area contributed by atoms with Crippen molar-refractivity contribution in [1.82, 2.24) is 14.7 Å². The number of halogens is 1. The molecule has 0 unspecified atom stereocenters. The Kier molecular flexibility index (Phi) is 6.14. The molecule has 0 aliphatic carbocycles. The molecule has 6 heteroatoms. The van der Waals surface area contributed by atoms with Gasteiger partial charge in [0.2, 0.25) is 0 Å². The van der Waals surface area contributed by atoms with Crippen molar-refractivity contribution in [3.8, 4) is 5.75 Å². The first kappa shape index (κ1) is 19.0. The van der Waals surface area contributed by atoms with E-state index in [2.05, 4.69) is 5.10 Å². The summed E-state index contributed by atoms with van der Waals surface area (Å²) >= 11 is 6.18. The fraction of sp³-hybridized carbons (Fsp3) is 0.238. The zero-order chi connectivity index (χ0) is 19.2. The molecule has 0 radical (unpaired) electrons. The minimum absolute atomic E-state index is 0.0891. The van der Waals surface area contributed by atoms with E-state index in [1.54, 1.807) is 29.0 Å². The van der Waals surface area contributed by atoms with Crippen LogP contribution in [0.5, 0.6) is 5.75 Å². The Labute approximate surface area is 164 Å². The Bertz CT molecular complexity index is 923. The van der Waals surface area contributed by atoms with Gasteiger partial charge in [0.15, 0.2) is 0 Å². The number of para-hydroxylation sites is 1.